The van der Waals surface area contributed by atoms with Gasteiger partial charge in [-0.25, -0.2) is 9.07 Å². The van der Waals surface area contributed by atoms with Gasteiger partial charge >= 0.3 is 0 Å². The number of allylic oxidation sites excluding steroid dienone is 5. The van der Waals surface area contributed by atoms with E-state index < -0.39 is 6.04 Å². The van der Waals surface area contributed by atoms with Gasteiger partial charge in [0, 0.05) is 31.4 Å². The second kappa shape index (κ2) is 13.8. The van der Waals surface area contributed by atoms with E-state index in [1.165, 1.54) is 6.07 Å². The number of hydrogen-bond acceptors (Lipinski definition) is 4. The van der Waals surface area contributed by atoms with E-state index >= 15 is 0 Å². The smallest absolute Gasteiger partial charge is 0.290 e. The zero-order valence-corrected chi connectivity index (χ0v) is 18.8. The fourth-order valence-corrected chi connectivity index (χ4v) is 3.72. The Bertz CT molecular complexity index is 984. The molecule has 3 rings (SSSR count). The first-order chi connectivity index (χ1) is 16.0. The predicted molar refractivity (Wildman–Crippen MR) is 127 cm³/mol. The van der Waals surface area contributed by atoms with E-state index in [1.807, 2.05) is 60.7 Å². The Balaban J connectivity index is 0.00000122. The van der Waals surface area contributed by atoms with Crippen LogP contribution in [0.2, 0.25) is 0 Å². The molecule has 0 bridgehead atoms. The molecule has 0 unspecified atom stereocenters. The molecule has 7 nitrogen and oxygen atoms in total. The van der Waals surface area contributed by atoms with Crippen LogP contribution in [0.3, 0.4) is 0 Å². The lowest BCUT2D eigenvalue weighted by atomic mass is 10.0. The topological polar surface area (TPSA) is 101 Å². The number of carboxylic acid groups (broad SMARTS) is 1. The minimum Gasteiger partial charge on any atom is -0.483 e. The number of nitrogens with two attached hydrogens (primary N) is 1. The summed E-state index contributed by atoms with van der Waals surface area (Å²) in [6, 6.07) is 8.07. The summed E-state index contributed by atoms with van der Waals surface area (Å²) in [4.78, 5) is 23.1. The van der Waals surface area contributed by atoms with Crippen molar-refractivity contribution >= 4 is 18.6 Å². The zero-order valence-electron chi connectivity index (χ0n) is 18.8. The zero-order chi connectivity index (χ0) is 24.1. The van der Waals surface area contributed by atoms with Crippen molar-refractivity contribution in [1.82, 2.24) is 14.7 Å². The van der Waals surface area contributed by atoms with Gasteiger partial charge in [-0.15, -0.1) is 0 Å². The van der Waals surface area contributed by atoms with Crippen LogP contribution in [0.1, 0.15) is 43.5 Å². The monoisotopic (exact) mass is 454 g/mol. The number of aromatic nitrogens is 2. The van der Waals surface area contributed by atoms with Crippen LogP contribution in [0.15, 0.2) is 66.9 Å². The standard InChI is InChI=1S/C24H29FN4O.CH2O2/c1-2-3-4-5-8-14-28-16-13-22(27-28)23-12-9-15-29(23)24(30)18-20(26)17-19-10-6-7-11-21(19)25;2-1-3/h2-8,10-11,13-14,16,20,23H,9,12,15,17-18,26H2,1H3;1H,(H,2,3)/b3-2-,5-4+,14-8+;/t20-,23+;/m1./s1. The molecule has 2 aromatic rings. The van der Waals surface area contributed by atoms with Gasteiger partial charge in [-0.05, 0) is 50.0 Å². The van der Waals surface area contributed by atoms with E-state index in [9.17, 15) is 9.18 Å². The van der Waals surface area contributed by atoms with Crippen molar-refractivity contribution in [3.05, 3.63) is 84.0 Å². The van der Waals surface area contributed by atoms with Crippen molar-refractivity contribution < 1.29 is 19.1 Å². The van der Waals surface area contributed by atoms with Crippen molar-refractivity contribution in [1.29, 1.82) is 0 Å². The third-order valence-corrected chi connectivity index (χ3v) is 5.18. The van der Waals surface area contributed by atoms with Crippen LogP contribution in [0, 0.1) is 5.82 Å². The van der Waals surface area contributed by atoms with Crippen molar-refractivity contribution in [2.75, 3.05) is 6.54 Å². The second-order valence-electron chi connectivity index (χ2n) is 7.58. The number of likely N-dealkylation sites (tertiary alicyclic amines) is 1. The number of nitrogens with zero attached hydrogens (tertiary/aromatic N) is 3. The largest absolute Gasteiger partial charge is 0.483 e. The normalized spacial score (nSPS) is 16.9. The minimum atomic E-state index is -0.417. The number of amides is 1. The minimum absolute atomic E-state index is 0.000664. The van der Waals surface area contributed by atoms with Crippen molar-refractivity contribution in [3.8, 4) is 0 Å². The second-order valence-corrected chi connectivity index (χ2v) is 7.58. The average Bonchev–Trinajstić information content (AvgIpc) is 3.45. The summed E-state index contributed by atoms with van der Waals surface area (Å²) in [6.45, 7) is 2.42. The van der Waals surface area contributed by atoms with Gasteiger partial charge in [-0.1, -0.05) is 42.5 Å². The molecule has 1 aromatic heterocycles. The highest BCUT2D eigenvalue weighted by Gasteiger charge is 2.32. The first kappa shape index (κ1) is 25.7. The quantitative estimate of drug-likeness (QED) is 0.465. The molecule has 0 saturated carbocycles. The molecule has 1 aromatic carbocycles. The summed E-state index contributed by atoms with van der Waals surface area (Å²) in [5.74, 6) is -0.278. The molecular formula is C25H31FN4O3. The molecule has 1 saturated heterocycles. The molecular weight excluding hydrogens is 423 g/mol. The molecule has 3 N–H and O–H groups in total. The summed E-state index contributed by atoms with van der Waals surface area (Å²) in [7, 11) is 0. The average molecular weight is 455 g/mol. The molecule has 1 aliphatic heterocycles. The molecule has 0 aliphatic carbocycles. The Morgan fingerprint density at radius 2 is 2.00 bits per heavy atom. The summed E-state index contributed by atoms with van der Waals surface area (Å²) < 4.78 is 15.6. The highest BCUT2D eigenvalue weighted by molar-refractivity contribution is 5.77. The van der Waals surface area contributed by atoms with E-state index in [0.29, 0.717) is 18.5 Å². The predicted octanol–water partition coefficient (Wildman–Crippen LogP) is 3.95. The Kier molecular flexibility index (Phi) is 10.8. The van der Waals surface area contributed by atoms with Gasteiger partial charge in [0.1, 0.15) is 5.82 Å². The lowest BCUT2D eigenvalue weighted by Crippen LogP contribution is -2.36. The number of hydrogen-bond donors (Lipinski definition) is 2. The maximum atomic E-state index is 13.8. The third-order valence-electron chi connectivity index (χ3n) is 5.18. The number of halogens is 1. The molecule has 2 heterocycles. The van der Waals surface area contributed by atoms with Crippen LogP contribution < -0.4 is 5.73 Å². The van der Waals surface area contributed by atoms with Crippen LogP contribution in [0.5, 0.6) is 0 Å². The first-order valence-electron chi connectivity index (χ1n) is 10.9. The SMILES string of the molecule is C\C=C/C=C/C=C/n1ccc([C@@H]2CCCN2C(=O)C[C@H](N)Cc2ccccc2F)n1.O=CO. The summed E-state index contributed by atoms with van der Waals surface area (Å²) in [5.41, 5.74) is 7.59. The van der Waals surface area contributed by atoms with Crippen LogP contribution in [-0.4, -0.2) is 44.8 Å². The van der Waals surface area contributed by atoms with E-state index in [2.05, 4.69) is 5.10 Å². The van der Waals surface area contributed by atoms with Crippen LogP contribution in [0.25, 0.3) is 6.20 Å². The molecule has 1 amide bonds. The van der Waals surface area contributed by atoms with Crippen molar-refractivity contribution in [3.63, 3.8) is 0 Å². The van der Waals surface area contributed by atoms with E-state index in [4.69, 9.17) is 15.6 Å². The summed E-state index contributed by atoms with van der Waals surface area (Å²) in [6.07, 6.45) is 15.8. The lowest BCUT2D eigenvalue weighted by molar-refractivity contribution is -0.132. The van der Waals surface area contributed by atoms with Gasteiger partial charge in [0.05, 0.1) is 11.7 Å². The van der Waals surface area contributed by atoms with E-state index in [-0.39, 0.29) is 30.7 Å². The number of rotatable bonds is 8. The molecule has 8 heteroatoms. The molecule has 0 radical (unpaired) electrons. The van der Waals surface area contributed by atoms with Gasteiger partial charge in [0.25, 0.3) is 6.47 Å². The van der Waals surface area contributed by atoms with Gasteiger partial charge < -0.3 is 15.7 Å². The Hall–Kier alpha value is -3.52. The fourth-order valence-electron chi connectivity index (χ4n) is 3.72. The maximum absolute atomic E-state index is 13.8. The van der Waals surface area contributed by atoms with Gasteiger partial charge in [-0.2, -0.15) is 5.10 Å². The van der Waals surface area contributed by atoms with E-state index in [0.717, 1.165) is 18.5 Å². The van der Waals surface area contributed by atoms with Gasteiger partial charge in [-0.3, -0.25) is 9.59 Å². The first-order valence-corrected chi connectivity index (χ1v) is 10.9. The fraction of sp³-hybridized carbons (Fsp3) is 0.320. The highest BCUT2D eigenvalue weighted by Crippen LogP contribution is 2.31. The third kappa shape index (κ3) is 8.16. The van der Waals surface area contributed by atoms with Crippen molar-refractivity contribution in [2.45, 2.75) is 44.7 Å². The molecule has 1 aliphatic rings. The van der Waals surface area contributed by atoms with Crippen LogP contribution in [-0.2, 0) is 16.0 Å². The lowest BCUT2D eigenvalue weighted by Gasteiger charge is -2.25. The molecule has 0 spiro atoms. The van der Waals surface area contributed by atoms with Crippen LogP contribution in [0.4, 0.5) is 4.39 Å². The maximum Gasteiger partial charge on any atom is 0.290 e. The Morgan fingerprint density at radius 3 is 2.73 bits per heavy atom. The number of carbonyl (C=O) groups is 2. The van der Waals surface area contributed by atoms with E-state index in [1.54, 1.807) is 22.9 Å². The Morgan fingerprint density at radius 1 is 1.27 bits per heavy atom. The number of carbonyl (C=O) groups excluding carboxylic acids is 1. The summed E-state index contributed by atoms with van der Waals surface area (Å²) in [5, 5.41) is 11.5. The highest BCUT2D eigenvalue weighted by atomic mass is 19.1. The molecule has 1 fully saturated rings. The molecule has 176 valence electrons. The summed E-state index contributed by atoms with van der Waals surface area (Å²) >= 11 is 0. The molecule has 2 atom stereocenters. The molecule has 33 heavy (non-hydrogen) atoms. The van der Waals surface area contributed by atoms with Crippen LogP contribution >= 0.6 is 0 Å². The van der Waals surface area contributed by atoms with Gasteiger partial charge in [0.15, 0.2) is 0 Å². The Labute approximate surface area is 193 Å². The number of benzene rings is 1. The van der Waals surface area contributed by atoms with Gasteiger partial charge in [0.2, 0.25) is 5.91 Å². The van der Waals surface area contributed by atoms with Crippen molar-refractivity contribution in [2.24, 2.45) is 5.73 Å².